The van der Waals surface area contributed by atoms with Crippen LogP contribution >= 0.6 is 0 Å². The van der Waals surface area contributed by atoms with Gasteiger partial charge in [0.05, 0.1) is 12.0 Å². The Bertz CT molecular complexity index is 674. The molecule has 136 valence electrons. The van der Waals surface area contributed by atoms with Gasteiger partial charge in [0.15, 0.2) is 0 Å². The average molecular weight is 343 g/mol. The predicted octanol–water partition coefficient (Wildman–Crippen LogP) is 3.99. The van der Waals surface area contributed by atoms with Crippen LogP contribution < -0.4 is 4.74 Å². The van der Waals surface area contributed by atoms with E-state index in [1.54, 1.807) is 0 Å². The van der Waals surface area contributed by atoms with Gasteiger partial charge < -0.3 is 9.84 Å². The van der Waals surface area contributed by atoms with Crippen molar-refractivity contribution >= 4 is 11.5 Å². The third kappa shape index (κ3) is 4.06. The number of carboxylic acid groups (broad SMARTS) is 1. The number of allylic oxidation sites excluding steroid dienone is 1. The van der Waals surface area contributed by atoms with Gasteiger partial charge in [-0.3, -0.25) is 9.69 Å². The molecule has 1 N–H and O–H groups in total. The Morgan fingerprint density at radius 1 is 1.36 bits per heavy atom. The van der Waals surface area contributed by atoms with Crippen LogP contribution in [-0.4, -0.2) is 41.7 Å². The predicted molar refractivity (Wildman–Crippen MR) is 99.9 cm³/mol. The molecule has 1 aromatic carbocycles. The normalized spacial score (nSPS) is 19.3. The molecular formula is C21H29NO3. The fraction of sp³-hybridized carbons (Fsp3) is 0.571. The highest BCUT2D eigenvalue weighted by Crippen LogP contribution is 2.34. The lowest BCUT2D eigenvalue weighted by Gasteiger charge is -2.38. The molecular weight excluding hydrogens is 314 g/mol. The van der Waals surface area contributed by atoms with Crippen LogP contribution in [0.5, 0.6) is 5.75 Å². The van der Waals surface area contributed by atoms with Crippen LogP contribution in [-0.2, 0) is 11.2 Å². The molecule has 1 heterocycles. The lowest BCUT2D eigenvalue weighted by Crippen LogP contribution is -2.50. The Morgan fingerprint density at radius 2 is 2.12 bits per heavy atom. The summed E-state index contributed by atoms with van der Waals surface area (Å²) in [5.41, 5.74) is 5.50. The maximum absolute atomic E-state index is 10.9. The molecule has 1 atom stereocenters. The van der Waals surface area contributed by atoms with Gasteiger partial charge in [-0.15, -0.1) is 0 Å². The van der Waals surface area contributed by atoms with Gasteiger partial charge in [0.2, 0.25) is 0 Å². The number of aliphatic carboxylic acids is 1. The molecule has 3 rings (SSSR count). The van der Waals surface area contributed by atoms with Crippen LogP contribution in [0.4, 0.5) is 0 Å². The first-order valence-electron chi connectivity index (χ1n) is 9.41. The Labute approximate surface area is 150 Å². The Morgan fingerprint density at radius 3 is 2.80 bits per heavy atom. The number of carbonyl (C=O) groups is 1. The smallest absolute Gasteiger partial charge is 0.309 e. The molecule has 4 nitrogen and oxygen atoms in total. The molecule has 0 spiro atoms. The van der Waals surface area contributed by atoms with Crippen LogP contribution in [0, 0.1) is 5.92 Å². The van der Waals surface area contributed by atoms with Gasteiger partial charge in [-0.2, -0.15) is 0 Å². The molecule has 1 aromatic rings. The number of benzene rings is 1. The number of nitrogens with zero attached hydrogens (tertiary/aromatic N) is 1. The summed E-state index contributed by atoms with van der Waals surface area (Å²) < 4.78 is 6.03. The van der Waals surface area contributed by atoms with Gasteiger partial charge in [0.1, 0.15) is 5.75 Å². The third-order valence-electron chi connectivity index (χ3n) is 5.46. The second-order valence-electron chi connectivity index (χ2n) is 7.49. The number of ether oxygens (including phenoxy) is 1. The largest absolute Gasteiger partial charge is 0.491 e. The van der Waals surface area contributed by atoms with E-state index in [0.717, 1.165) is 38.0 Å². The zero-order valence-electron chi connectivity index (χ0n) is 15.5. The van der Waals surface area contributed by atoms with Crippen molar-refractivity contribution in [2.24, 2.45) is 5.92 Å². The summed E-state index contributed by atoms with van der Waals surface area (Å²) in [7, 11) is 0. The summed E-state index contributed by atoms with van der Waals surface area (Å²) in [6, 6.07) is 6.47. The maximum atomic E-state index is 10.9. The van der Waals surface area contributed by atoms with E-state index in [2.05, 4.69) is 43.9 Å². The molecule has 2 aliphatic rings. The SMILES string of the molecule is CCCC(C)Oc1ccc2c(c1)CCC(CN1CC(C(=O)O)C1)=C2C. The van der Waals surface area contributed by atoms with Crippen LogP contribution in [0.1, 0.15) is 51.2 Å². The van der Waals surface area contributed by atoms with E-state index >= 15 is 0 Å². The zero-order valence-corrected chi connectivity index (χ0v) is 15.5. The van der Waals surface area contributed by atoms with E-state index in [9.17, 15) is 4.79 Å². The molecule has 0 aromatic heterocycles. The number of aryl methyl sites for hydroxylation is 1. The van der Waals surface area contributed by atoms with E-state index in [1.807, 2.05) is 0 Å². The Balaban J connectivity index is 1.67. The van der Waals surface area contributed by atoms with Crippen LogP contribution in [0.3, 0.4) is 0 Å². The molecule has 0 amide bonds. The Kier molecular flexibility index (Phi) is 5.48. The molecule has 0 radical (unpaired) electrons. The van der Waals surface area contributed by atoms with Gasteiger partial charge in [-0.05, 0) is 61.9 Å². The first kappa shape index (κ1) is 18.0. The second kappa shape index (κ2) is 7.61. The lowest BCUT2D eigenvalue weighted by atomic mass is 9.85. The number of fused-ring (bicyclic) bond motifs is 1. The number of hydrogen-bond donors (Lipinski definition) is 1. The number of carboxylic acids is 1. The lowest BCUT2D eigenvalue weighted by molar-refractivity contribution is -0.147. The average Bonchev–Trinajstić information content (AvgIpc) is 2.52. The summed E-state index contributed by atoms with van der Waals surface area (Å²) in [5.74, 6) is 0.130. The first-order valence-corrected chi connectivity index (χ1v) is 9.41. The molecule has 1 fully saturated rings. The van der Waals surface area contributed by atoms with Gasteiger partial charge in [0.25, 0.3) is 0 Å². The highest BCUT2D eigenvalue weighted by atomic mass is 16.5. The van der Waals surface area contributed by atoms with Gasteiger partial charge in [-0.25, -0.2) is 0 Å². The molecule has 1 unspecified atom stereocenters. The van der Waals surface area contributed by atoms with E-state index in [-0.39, 0.29) is 12.0 Å². The quantitative estimate of drug-likeness (QED) is 0.813. The van der Waals surface area contributed by atoms with E-state index < -0.39 is 5.97 Å². The third-order valence-corrected chi connectivity index (χ3v) is 5.46. The van der Waals surface area contributed by atoms with Crippen molar-refractivity contribution in [2.45, 2.75) is 52.6 Å². The summed E-state index contributed by atoms with van der Waals surface area (Å²) in [4.78, 5) is 13.2. The van der Waals surface area contributed by atoms with Crippen LogP contribution in [0.25, 0.3) is 5.57 Å². The number of likely N-dealkylation sites (tertiary alicyclic amines) is 1. The van der Waals surface area contributed by atoms with Crippen molar-refractivity contribution in [3.63, 3.8) is 0 Å². The summed E-state index contributed by atoms with van der Waals surface area (Å²) in [6.45, 7) is 8.77. The fourth-order valence-electron chi connectivity index (χ4n) is 3.90. The van der Waals surface area contributed by atoms with Gasteiger partial charge in [-0.1, -0.05) is 25.0 Å². The molecule has 1 saturated heterocycles. The minimum absolute atomic E-state index is 0.179. The van der Waals surface area contributed by atoms with E-state index in [4.69, 9.17) is 9.84 Å². The van der Waals surface area contributed by atoms with E-state index in [0.29, 0.717) is 13.1 Å². The highest BCUT2D eigenvalue weighted by Gasteiger charge is 2.33. The molecule has 0 saturated carbocycles. The van der Waals surface area contributed by atoms with Crippen molar-refractivity contribution in [3.8, 4) is 5.75 Å². The molecule has 1 aliphatic heterocycles. The van der Waals surface area contributed by atoms with Crippen LogP contribution in [0.2, 0.25) is 0 Å². The monoisotopic (exact) mass is 343 g/mol. The summed E-state index contributed by atoms with van der Waals surface area (Å²) >= 11 is 0. The molecule has 1 aliphatic carbocycles. The Hall–Kier alpha value is -1.81. The summed E-state index contributed by atoms with van der Waals surface area (Å²) in [5, 5.41) is 9.01. The standard InChI is InChI=1S/C21H29NO3/c1-4-5-14(2)25-19-8-9-20-15(3)17(7-6-16(20)10-19)11-22-12-18(13-22)21(23)24/h8-10,14,18H,4-7,11-13H2,1-3H3,(H,23,24). The van der Waals surface area contributed by atoms with E-state index in [1.165, 1.54) is 22.3 Å². The molecule has 4 heteroatoms. The van der Waals surface area contributed by atoms with Crippen molar-refractivity contribution in [3.05, 3.63) is 34.9 Å². The minimum atomic E-state index is -0.666. The number of rotatable bonds is 7. The van der Waals surface area contributed by atoms with Gasteiger partial charge >= 0.3 is 5.97 Å². The minimum Gasteiger partial charge on any atom is -0.491 e. The second-order valence-corrected chi connectivity index (χ2v) is 7.49. The van der Waals surface area contributed by atoms with Crippen molar-refractivity contribution in [1.29, 1.82) is 0 Å². The van der Waals surface area contributed by atoms with Crippen LogP contribution in [0.15, 0.2) is 23.8 Å². The molecule has 0 bridgehead atoms. The summed E-state index contributed by atoms with van der Waals surface area (Å²) in [6.07, 6.45) is 4.56. The van der Waals surface area contributed by atoms with Crippen molar-refractivity contribution < 1.29 is 14.6 Å². The van der Waals surface area contributed by atoms with Crippen molar-refractivity contribution in [2.75, 3.05) is 19.6 Å². The highest BCUT2D eigenvalue weighted by molar-refractivity contribution is 5.73. The molecule has 25 heavy (non-hydrogen) atoms. The first-order chi connectivity index (χ1) is 12.0. The van der Waals surface area contributed by atoms with Crippen molar-refractivity contribution in [1.82, 2.24) is 4.90 Å². The topological polar surface area (TPSA) is 49.8 Å². The van der Waals surface area contributed by atoms with Gasteiger partial charge in [0, 0.05) is 19.6 Å². The zero-order chi connectivity index (χ0) is 18.0. The number of hydrogen-bond acceptors (Lipinski definition) is 3. The maximum Gasteiger partial charge on any atom is 0.309 e. The fourth-order valence-corrected chi connectivity index (χ4v) is 3.90.